The van der Waals surface area contributed by atoms with Crippen LogP contribution in [0.4, 0.5) is 11.4 Å². The van der Waals surface area contributed by atoms with Crippen LogP contribution in [-0.2, 0) is 9.53 Å². The molecule has 0 heterocycles. The van der Waals surface area contributed by atoms with Gasteiger partial charge in [0.1, 0.15) is 11.5 Å². The maximum absolute atomic E-state index is 12.4. The van der Waals surface area contributed by atoms with Gasteiger partial charge in [-0.1, -0.05) is 18.2 Å². The summed E-state index contributed by atoms with van der Waals surface area (Å²) in [5.74, 6) is 0.184. The normalized spacial score (nSPS) is 11.4. The number of nitrogens with one attached hydrogen (secondary N) is 2. The van der Waals surface area contributed by atoms with Crippen LogP contribution >= 0.6 is 0 Å². The van der Waals surface area contributed by atoms with Crippen LogP contribution in [0.1, 0.15) is 16.8 Å². The molecule has 8 nitrogen and oxygen atoms in total. The fourth-order valence-corrected chi connectivity index (χ4v) is 2.55. The number of amides is 2. The van der Waals surface area contributed by atoms with Crippen molar-refractivity contribution in [3.05, 3.63) is 48.0 Å². The van der Waals surface area contributed by atoms with Crippen molar-refractivity contribution in [1.82, 2.24) is 0 Å². The number of ether oxygens (including phenoxy) is 3. The zero-order chi connectivity index (χ0) is 20.5. The second-order valence-electron chi connectivity index (χ2n) is 5.92. The van der Waals surface area contributed by atoms with Crippen molar-refractivity contribution in [3.8, 4) is 11.5 Å². The van der Waals surface area contributed by atoms with E-state index in [0.717, 1.165) is 0 Å². The van der Waals surface area contributed by atoms with E-state index in [1.165, 1.54) is 21.3 Å². The summed E-state index contributed by atoms with van der Waals surface area (Å²) in [5, 5.41) is 5.55. The van der Waals surface area contributed by atoms with Crippen LogP contribution in [0.2, 0.25) is 0 Å². The van der Waals surface area contributed by atoms with Gasteiger partial charge < -0.3 is 30.6 Å². The van der Waals surface area contributed by atoms with Crippen molar-refractivity contribution in [2.45, 2.75) is 12.5 Å². The molecule has 150 valence electrons. The van der Waals surface area contributed by atoms with E-state index in [4.69, 9.17) is 19.9 Å². The molecule has 0 aliphatic heterocycles. The van der Waals surface area contributed by atoms with Crippen molar-refractivity contribution < 1.29 is 23.8 Å². The van der Waals surface area contributed by atoms with E-state index < -0.39 is 0 Å². The molecule has 0 fully saturated rings. The third kappa shape index (κ3) is 5.45. The number of hydrogen-bond donors (Lipinski definition) is 3. The highest BCUT2D eigenvalue weighted by molar-refractivity contribution is 6.05. The molecular weight excluding hydrogens is 362 g/mol. The fourth-order valence-electron chi connectivity index (χ4n) is 2.55. The molecule has 1 atom stereocenters. The SMILES string of the molecule is COc1cc(NC(=O)c2ccccc2)c(OC)cc1NC(=O)CC(CN)OC. The molecule has 28 heavy (non-hydrogen) atoms. The third-order valence-corrected chi connectivity index (χ3v) is 4.09. The predicted octanol–water partition coefficient (Wildman–Crippen LogP) is 2.26. The van der Waals surface area contributed by atoms with Gasteiger partial charge in [0, 0.05) is 31.4 Å². The maximum Gasteiger partial charge on any atom is 0.255 e. The minimum absolute atomic E-state index is 0.102. The Balaban J connectivity index is 2.23. The van der Waals surface area contributed by atoms with E-state index in [0.29, 0.717) is 28.4 Å². The van der Waals surface area contributed by atoms with E-state index in [1.54, 1.807) is 36.4 Å². The first-order valence-electron chi connectivity index (χ1n) is 8.67. The number of carbonyl (C=O) groups excluding carboxylic acids is 2. The topological polar surface area (TPSA) is 112 Å². The molecule has 0 radical (unpaired) electrons. The molecule has 1 unspecified atom stereocenters. The molecule has 0 aliphatic rings. The van der Waals surface area contributed by atoms with Gasteiger partial charge in [0.15, 0.2) is 0 Å². The minimum Gasteiger partial charge on any atom is -0.494 e. The Morgan fingerprint density at radius 1 is 0.964 bits per heavy atom. The third-order valence-electron chi connectivity index (χ3n) is 4.09. The van der Waals surface area contributed by atoms with E-state index >= 15 is 0 Å². The second-order valence-corrected chi connectivity index (χ2v) is 5.92. The quantitative estimate of drug-likeness (QED) is 0.608. The highest BCUT2D eigenvalue weighted by Crippen LogP contribution is 2.36. The monoisotopic (exact) mass is 387 g/mol. The Labute approximate surface area is 164 Å². The van der Waals surface area contributed by atoms with Crippen molar-refractivity contribution in [2.24, 2.45) is 5.73 Å². The minimum atomic E-state index is -0.377. The lowest BCUT2D eigenvalue weighted by Gasteiger charge is -2.17. The van der Waals surface area contributed by atoms with Gasteiger partial charge in [-0.2, -0.15) is 0 Å². The van der Waals surface area contributed by atoms with Gasteiger partial charge in [-0.05, 0) is 12.1 Å². The Morgan fingerprint density at radius 3 is 2.04 bits per heavy atom. The Bertz CT molecular complexity index is 807. The van der Waals surface area contributed by atoms with E-state index in [1.807, 2.05) is 6.07 Å². The second kappa shape index (κ2) is 10.3. The summed E-state index contributed by atoms with van der Waals surface area (Å²) in [6, 6.07) is 12.0. The van der Waals surface area contributed by atoms with Crippen LogP contribution < -0.4 is 25.8 Å². The average Bonchev–Trinajstić information content (AvgIpc) is 2.73. The highest BCUT2D eigenvalue weighted by atomic mass is 16.5. The highest BCUT2D eigenvalue weighted by Gasteiger charge is 2.18. The number of methoxy groups -OCH3 is 3. The molecule has 2 aromatic rings. The Hall–Kier alpha value is -3.10. The average molecular weight is 387 g/mol. The lowest BCUT2D eigenvalue weighted by molar-refractivity contribution is -0.118. The maximum atomic E-state index is 12.4. The van der Waals surface area contributed by atoms with Gasteiger partial charge in [0.2, 0.25) is 5.91 Å². The molecule has 4 N–H and O–H groups in total. The Kier molecular flexibility index (Phi) is 7.79. The van der Waals surface area contributed by atoms with Crippen LogP contribution in [0, 0.1) is 0 Å². The summed E-state index contributed by atoms with van der Waals surface area (Å²) >= 11 is 0. The lowest BCUT2D eigenvalue weighted by Crippen LogP contribution is -2.28. The number of nitrogens with two attached hydrogens (primary N) is 1. The van der Waals surface area contributed by atoms with Crippen molar-refractivity contribution in [2.75, 3.05) is 38.5 Å². The molecule has 0 aromatic heterocycles. The van der Waals surface area contributed by atoms with Crippen molar-refractivity contribution in [3.63, 3.8) is 0 Å². The predicted molar refractivity (Wildman–Crippen MR) is 107 cm³/mol. The van der Waals surface area contributed by atoms with Crippen molar-refractivity contribution >= 4 is 23.2 Å². The summed E-state index contributed by atoms with van der Waals surface area (Å²) in [5.41, 5.74) is 6.89. The smallest absolute Gasteiger partial charge is 0.255 e. The van der Waals surface area contributed by atoms with Gasteiger partial charge in [-0.3, -0.25) is 9.59 Å². The van der Waals surface area contributed by atoms with Gasteiger partial charge in [-0.15, -0.1) is 0 Å². The van der Waals surface area contributed by atoms with Crippen LogP contribution in [-0.4, -0.2) is 45.8 Å². The lowest BCUT2D eigenvalue weighted by atomic mass is 10.2. The summed E-state index contributed by atoms with van der Waals surface area (Å²) in [4.78, 5) is 24.7. The molecule has 0 saturated heterocycles. The van der Waals surface area contributed by atoms with Gasteiger partial charge in [-0.25, -0.2) is 0 Å². The van der Waals surface area contributed by atoms with Gasteiger partial charge >= 0.3 is 0 Å². The van der Waals surface area contributed by atoms with E-state index in [9.17, 15) is 9.59 Å². The number of carbonyl (C=O) groups is 2. The van der Waals surface area contributed by atoms with Crippen LogP contribution in [0.5, 0.6) is 11.5 Å². The molecule has 2 aromatic carbocycles. The number of anilines is 2. The number of benzene rings is 2. The molecule has 0 aliphatic carbocycles. The molecule has 2 rings (SSSR count). The first-order valence-corrected chi connectivity index (χ1v) is 8.67. The van der Waals surface area contributed by atoms with Crippen LogP contribution in [0.15, 0.2) is 42.5 Å². The molecule has 0 spiro atoms. The zero-order valence-corrected chi connectivity index (χ0v) is 16.2. The first-order chi connectivity index (χ1) is 13.5. The van der Waals surface area contributed by atoms with Crippen molar-refractivity contribution in [1.29, 1.82) is 0 Å². The molecule has 0 bridgehead atoms. The molecule has 2 amide bonds. The summed E-state index contributed by atoms with van der Waals surface area (Å²) in [6.45, 7) is 0.231. The molecule has 8 heteroatoms. The standard InChI is InChI=1S/C20H25N3O5/c1-26-14(12-21)9-19(24)22-15-10-18(28-3)16(11-17(15)27-2)23-20(25)13-7-5-4-6-8-13/h4-8,10-11,14H,9,12,21H2,1-3H3,(H,22,24)(H,23,25). The number of rotatable bonds is 9. The summed E-state index contributed by atoms with van der Waals surface area (Å²) < 4.78 is 15.8. The first kappa shape index (κ1) is 21.2. The molecule has 0 saturated carbocycles. The van der Waals surface area contributed by atoms with E-state index in [-0.39, 0.29) is 30.9 Å². The number of hydrogen-bond acceptors (Lipinski definition) is 6. The Morgan fingerprint density at radius 2 is 1.54 bits per heavy atom. The van der Waals surface area contributed by atoms with Crippen LogP contribution in [0.25, 0.3) is 0 Å². The summed E-state index contributed by atoms with van der Waals surface area (Å²) in [6.07, 6.45) is -0.275. The zero-order valence-electron chi connectivity index (χ0n) is 16.2. The summed E-state index contributed by atoms with van der Waals surface area (Å²) in [7, 11) is 4.44. The fraction of sp³-hybridized carbons (Fsp3) is 0.300. The van der Waals surface area contributed by atoms with E-state index in [2.05, 4.69) is 10.6 Å². The van der Waals surface area contributed by atoms with Gasteiger partial charge in [0.25, 0.3) is 5.91 Å². The van der Waals surface area contributed by atoms with Gasteiger partial charge in [0.05, 0.1) is 38.1 Å². The molecular formula is C20H25N3O5. The van der Waals surface area contributed by atoms with Crippen LogP contribution in [0.3, 0.4) is 0 Å². The largest absolute Gasteiger partial charge is 0.494 e.